The summed E-state index contributed by atoms with van der Waals surface area (Å²) in [4.78, 5) is 22.3. The Kier molecular flexibility index (Phi) is 5.65. The van der Waals surface area contributed by atoms with E-state index in [1.807, 2.05) is 16.8 Å². The molecule has 0 fully saturated rings. The molecule has 0 aliphatic heterocycles. The van der Waals surface area contributed by atoms with E-state index in [1.54, 1.807) is 6.92 Å². The molecule has 0 aromatic carbocycles. The quantitative estimate of drug-likeness (QED) is 0.668. The SMILES string of the molecule is CCNC(=O)C(=O)NCCC(O)c1ccsc1. The van der Waals surface area contributed by atoms with Gasteiger partial charge in [-0.25, -0.2) is 0 Å². The molecular formula is C11H16N2O3S. The van der Waals surface area contributed by atoms with Gasteiger partial charge in [-0.05, 0) is 35.7 Å². The third-order valence-electron chi connectivity index (χ3n) is 2.17. The second-order valence-corrected chi connectivity index (χ2v) is 4.26. The highest BCUT2D eigenvalue weighted by Crippen LogP contribution is 2.18. The summed E-state index contributed by atoms with van der Waals surface area (Å²) in [6, 6.07) is 1.83. The molecule has 0 radical (unpaired) electrons. The number of likely N-dealkylation sites (N-methyl/N-ethyl adjacent to an activating group) is 1. The Hall–Kier alpha value is -1.40. The van der Waals surface area contributed by atoms with Crippen LogP contribution < -0.4 is 10.6 Å². The van der Waals surface area contributed by atoms with Crippen LogP contribution in [-0.4, -0.2) is 30.0 Å². The van der Waals surface area contributed by atoms with Crippen LogP contribution in [0, 0.1) is 0 Å². The molecule has 0 aliphatic carbocycles. The first-order valence-corrected chi connectivity index (χ1v) is 6.35. The minimum absolute atomic E-state index is 0.271. The number of hydrogen-bond donors (Lipinski definition) is 3. The Balaban J connectivity index is 2.24. The predicted molar refractivity (Wildman–Crippen MR) is 65.6 cm³/mol. The van der Waals surface area contributed by atoms with Gasteiger partial charge in [-0.2, -0.15) is 11.3 Å². The van der Waals surface area contributed by atoms with Crippen molar-refractivity contribution >= 4 is 23.2 Å². The molecule has 0 saturated heterocycles. The summed E-state index contributed by atoms with van der Waals surface area (Å²) >= 11 is 1.51. The van der Waals surface area contributed by atoms with E-state index >= 15 is 0 Å². The Morgan fingerprint density at radius 2 is 2.12 bits per heavy atom. The summed E-state index contributed by atoms with van der Waals surface area (Å²) < 4.78 is 0. The van der Waals surface area contributed by atoms with Crippen molar-refractivity contribution in [1.29, 1.82) is 0 Å². The monoisotopic (exact) mass is 256 g/mol. The number of carbonyl (C=O) groups is 2. The number of aliphatic hydroxyl groups excluding tert-OH is 1. The lowest BCUT2D eigenvalue weighted by molar-refractivity contribution is -0.139. The Morgan fingerprint density at radius 3 is 2.71 bits per heavy atom. The molecule has 0 bridgehead atoms. The van der Waals surface area contributed by atoms with Gasteiger partial charge in [0.2, 0.25) is 0 Å². The second kappa shape index (κ2) is 7.03. The van der Waals surface area contributed by atoms with Gasteiger partial charge in [0.1, 0.15) is 0 Å². The number of aliphatic hydroxyl groups is 1. The molecule has 0 saturated carbocycles. The van der Waals surface area contributed by atoms with Crippen LogP contribution in [0.5, 0.6) is 0 Å². The van der Waals surface area contributed by atoms with E-state index in [1.165, 1.54) is 11.3 Å². The van der Waals surface area contributed by atoms with Crippen LogP contribution in [0.4, 0.5) is 0 Å². The molecule has 17 heavy (non-hydrogen) atoms. The van der Waals surface area contributed by atoms with Crippen molar-refractivity contribution in [2.45, 2.75) is 19.4 Å². The highest BCUT2D eigenvalue weighted by Gasteiger charge is 2.13. The van der Waals surface area contributed by atoms with Crippen LogP contribution in [0.25, 0.3) is 0 Å². The number of thiophene rings is 1. The first-order valence-electron chi connectivity index (χ1n) is 5.41. The molecule has 0 spiro atoms. The van der Waals surface area contributed by atoms with Crippen molar-refractivity contribution in [3.8, 4) is 0 Å². The molecule has 2 amide bonds. The maximum atomic E-state index is 11.2. The Morgan fingerprint density at radius 1 is 1.41 bits per heavy atom. The molecule has 1 unspecified atom stereocenters. The normalized spacial score (nSPS) is 11.9. The lowest BCUT2D eigenvalue weighted by atomic mass is 10.1. The number of rotatable bonds is 5. The van der Waals surface area contributed by atoms with Gasteiger partial charge in [0.05, 0.1) is 6.10 Å². The van der Waals surface area contributed by atoms with Crippen LogP contribution in [-0.2, 0) is 9.59 Å². The summed E-state index contributed by atoms with van der Waals surface area (Å²) in [5, 5.41) is 18.3. The van der Waals surface area contributed by atoms with E-state index in [4.69, 9.17) is 0 Å². The second-order valence-electron chi connectivity index (χ2n) is 3.48. The van der Waals surface area contributed by atoms with Gasteiger partial charge in [-0.15, -0.1) is 0 Å². The minimum atomic E-state index is -0.663. The summed E-state index contributed by atoms with van der Waals surface area (Å²) in [6.07, 6.45) is -0.210. The van der Waals surface area contributed by atoms with E-state index < -0.39 is 17.9 Å². The van der Waals surface area contributed by atoms with Crippen molar-refractivity contribution in [3.63, 3.8) is 0 Å². The summed E-state index contributed by atoms with van der Waals surface area (Å²) in [5.41, 5.74) is 0.835. The fourth-order valence-corrected chi connectivity index (χ4v) is 1.98. The number of nitrogens with one attached hydrogen (secondary N) is 2. The number of carbonyl (C=O) groups excluding carboxylic acids is 2. The third kappa shape index (κ3) is 4.54. The van der Waals surface area contributed by atoms with E-state index in [9.17, 15) is 14.7 Å². The van der Waals surface area contributed by atoms with Crippen LogP contribution in [0.1, 0.15) is 25.0 Å². The van der Waals surface area contributed by atoms with Crippen LogP contribution >= 0.6 is 11.3 Å². The van der Waals surface area contributed by atoms with Gasteiger partial charge >= 0.3 is 11.8 Å². The first kappa shape index (κ1) is 13.7. The average Bonchev–Trinajstić information content (AvgIpc) is 2.82. The maximum absolute atomic E-state index is 11.2. The van der Waals surface area contributed by atoms with Gasteiger partial charge in [-0.1, -0.05) is 0 Å². The van der Waals surface area contributed by atoms with Gasteiger partial charge in [0.25, 0.3) is 0 Å². The lowest BCUT2D eigenvalue weighted by Gasteiger charge is -2.09. The van der Waals surface area contributed by atoms with Crippen LogP contribution in [0.2, 0.25) is 0 Å². The zero-order chi connectivity index (χ0) is 12.7. The topological polar surface area (TPSA) is 78.4 Å². The van der Waals surface area contributed by atoms with Crippen LogP contribution in [0.3, 0.4) is 0 Å². The minimum Gasteiger partial charge on any atom is -0.388 e. The maximum Gasteiger partial charge on any atom is 0.309 e. The predicted octanol–water partition coefficient (Wildman–Crippen LogP) is 0.424. The van der Waals surface area contributed by atoms with Gasteiger partial charge in [0.15, 0.2) is 0 Å². The Labute approximate surface area is 104 Å². The van der Waals surface area contributed by atoms with E-state index in [0.29, 0.717) is 13.0 Å². The van der Waals surface area contributed by atoms with Crippen molar-refractivity contribution in [3.05, 3.63) is 22.4 Å². The molecule has 1 heterocycles. The van der Waals surface area contributed by atoms with Crippen molar-refractivity contribution < 1.29 is 14.7 Å². The van der Waals surface area contributed by atoms with E-state index in [0.717, 1.165) is 5.56 Å². The van der Waals surface area contributed by atoms with Gasteiger partial charge < -0.3 is 15.7 Å². The van der Waals surface area contributed by atoms with Crippen molar-refractivity contribution in [2.24, 2.45) is 0 Å². The molecule has 1 aromatic heterocycles. The first-order chi connectivity index (χ1) is 8.15. The largest absolute Gasteiger partial charge is 0.388 e. The zero-order valence-electron chi connectivity index (χ0n) is 9.60. The standard InChI is InChI=1S/C11H16N2O3S/c1-2-12-10(15)11(16)13-5-3-9(14)8-4-6-17-7-8/h4,6-7,9,14H,2-3,5H2,1H3,(H,12,15)(H,13,16). The zero-order valence-corrected chi connectivity index (χ0v) is 10.4. The van der Waals surface area contributed by atoms with Crippen molar-refractivity contribution in [2.75, 3.05) is 13.1 Å². The summed E-state index contributed by atoms with van der Waals surface area (Å²) in [6.45, 7) is 2.43. The highest BCUT2D eigenvalue weighted by molar-refractivity contribution is 7.07. The lowest BCUT2D eigenvalue weighted by Crippen LogP contribution is -2.40. The highest BCUT2D eigenvalue weighted by atomic mass is 32.1. The van der Waals surface area contributed by atoms with Gasteiger partial charge in [-0.3, -0.25) is 9.59 Å². The molecule has 0 aliphatic rings. The number of amides is 2. The summed E-state index contributed by atoms with van der Waals surface area (Å²) in [5.74, 6) is -1.30. The molecular weight excluding hydrogens is 240 g/mol. The molecule has 94 valence electrons. The smallest absolute Gasteiger partial charge is 0.309 e. The molecule has 5 nitrogen and oxygen atoms in total. The molecule has 3 N–H and O–H groups in total. The van der Waals surface area contributed by atoms with Crippen LogP contribution in [0.15, 0.2) is 16.8 Å². The third-order valence-corrected chi connectivity index (χ3v) is 2.88. The molecule has 1 atom stereocenters. The van der Waals surface area contributed by atoms with E-state index in [2.05, 4.69) is 10.6 Å². The van der Waals surface area contributed by atoms with Crippen molar-refractivity contribution in [1.82, 2.24) is 10.6 Å². The number of hydrogen-bond acceptors (Lipinski definition) is 4. The fraction of sp³-hybridized carbons (Fsp3) is 0.455. The Bertz CT molecular complexity index is 365. The average molecular weight is 256 g/mol. The summed E-state index contributed by atoms with van der Waals surface area (Å²) in [7, 11) is 0. The van der Waals surface area contributed by atoms with Gasteiger partial charge in [0, 0.05) is 13.1 Å². The molecule has 1 aromatic rings. The molecule has 6 heteroatoms. The molecule has 1 rings (SSSR count). The fourth-order valence-electron chi connectivity index (χ4n) is 1.27. The van der Waals surface area contributed by atoms with E-state index in [-0.39, 0.29) is 6.54 Å².